The maximum Gasteiger partial charge on any atom is 0.234 e. The molecule has 1 aromatic rings. The van der Waals surface area contributed by atoms with Crippen molar-refractivity contribution in [2.24, 2.45) is 0 Å². The molecule has 0 amide bonds. The third kappa shape index (κ3) is 3.72. The maximum atomic E-state index is 10.8. The Bertz CT molecular complexity index is 613. The average Bonchev–Trinajstić information content (AvgIpc) is 2.41. The van der Waals surface area contributed by atoms with Crippen LogP contribution in [0.5, 0.6) is 0 Å². The summed E-state index contributed by atoms with van der Waals surface area (Å²) in [5.41, 5.74) is 2.02. The van der Waals surface area contributed by atoms with Gasteiger partial charge in [-0.2, -0.15) is 0 Å². The number of aryl methyl sites for hydroxylation is 1. The molecule has 0 aromatic heterocycles. The van der Waals surface area contributed by atoms with Gasteiger partial charge in [0.25, 0.3) is 0 Å². The van der Waals surface area contributed by atoms with E-state index in [1.54, 1.807) is 27.1 Å². The van der Waals surface area contributed by atoms with Crippen LogP contribution in [0.2, 0.25) is 0 Å². The van der Waals surface area contributed by atoms with Crippen molar-refractivity contribution in [3.63, 3.8) is 0 Å². The lowest BCUT2D eigenvalue weighted by molar-refractivity contribution is -0.276. The predicted molar refractivity (Wildman–Crippen MR) is 94.8 cm³/mol. The third-order valence-electron chi connectivity index (χ3n) is 4.32. The lowest BCUT2D eigenvalue weighted by atomic mass is 9.83. The van der Waals surface area contributed by atoms with Crippen molar-refractivity contribution in [2.75, 3.05) is 14.1 Å². The van der Waals surface area contributed by atoms with Crippen LogP contribution in [0, 0.1) is 6.92 Å². The zero-order valence-corrected chi connectivity index (χ0v) is 15.0. The molecule has 23 heavy (non-hydrogen) atoms. The van der Waals surface area contributed by atoms with E-state index in [2.05, 4.69) is 6.58 Å². The summed E-state index contributed by atoms with van der Waals surface area (Å²) in [5, 5.41) is 32.2. The minimum absolute atomic E-state index is 0.283. The SMILES string of the molecule is C=C(C)Cc1cccc(C)c1/C(=C\C)C(O)(O)C(C)(O)N(C)C. The summed E-state index contributed by atoms with van der Waals surface area (Å²) in [6.45, 7) is 10.9. The van der Waals surface area contributed by atoms with E-state index >= 15 is 0 Å². The number of allylic oxidation sites excluding steroid dienone is 2. The fourth-order valence-corrected chi connectivity index (χ4v) is 2.67. The highest BCUT2D eigenvalue weighted by Crippen LogP contribution is 2.38. The minimum atomic E-state index is -2.43. The number of benzene rings is 1. The first kappa shape index (κ1) is 19.6. The van der Waals surface area contributed by atoms with Gasteiger partial charge < -0.3 is 15.3 Å². The number of hydrogen-bond donors (Lipinski definition) is 3. The molecule has 1 atom stereocenters. The van der Waals surface area contributed by atoms with E-state index in [0.717, 1.165) is 22.3 Å². The summed E-state index contributed by atoms with van der Waals surface area (Å²) in [7, 11) is 3.20. The average molecular weight is 319 g/mol. The molecule has 1 unspecified atom stereocenters. The van der Waals surface area contributed by atoms with Crippen LogP contribution < -0.4 is 0 Å². The predicted octanol–water partition coefficient (Wildman–Crippen LogP) is 2.47. The molecule has 4 nitrogen and oxygen atoms in total. The minimum Gasteiger partial charge on any atom is -0.370 e. The lowest BCUT2D eigenvalue weighted by Crippen LogP contribution is -2.61. The molecule has 4 heteroatoms. The zero-order valence-electron chi connectivity index (χ0n) is 15.0. The number of hydrogen-bond acceptors (Lipinski definition) is 4. The number of nitrogens with zero attached hydrogens (tertiary/aromatic N) is 1. The first-order valence-corrected chi connectivity index (χ1v) is 7.71. The van der Waals surface area contributed by atoms with Crippen molar-refractivity contribution in [1.82, 2.24) is 4.90 Å². The number of likely N-dealkylation sites (N-methyl/N-ethyl adjacent to an activating group) is 1. The molecule has 0 heterocycles. The van der Waals surface area contributed by atoms with Gasteiger partial charge >= 0.3 is 0 Å². The highest BCUT2D eigenvalue weighted by Gasteiger charge is 2.50. The fraction of sp³-hybridized carbons (Fsp3) is 0.474. The second kappa shape index (κ2) is 6.97. The maximum absolute atomic E-state index is 10.8. The van der Waals surface area contributed by atoms with Crippen molar-refractivity contribution in [3.05, 3.63) is 53.1 Å². The monoisotopic (exact) mass is 319 g/mol. The van der Waals surface area contributed by atoms with E-state index in [1.807, 2.05) is 32.0 Å². The topological polar surface area (TPSA) is 63.9 Å². The van der Waals surface area contributed by atoms with E-state index < -0.39 is 11.5 Å². The van der Waals surface area contributed by atoms with Gasteiger partial charge in [0.2, 0.25) is 5.79 Å². The van der Waals surface area contributed by atoms with Gasteiger partial charge in [0, 0.05) is 5.57 Å². The van der Waals surface area contributed by atoms with Crippen LogP contribution >= 0.6 is 0 Å². The lowest BCUT2D eigenvalue weighted by Gasteiger charge is -2.43. The Morgan fingerprint density at radius 3 is 2.26 bits per heavy atom. The second-order valence-corrected chi connectivity index (χ2v) is 6.53. The van der Waals surface area contributed by atoms with Crippen molar-refractivity contribution >= 4 is 5.57 Å². The first-order chi connectivity index (χ1) is 10.5. The third-order valence-corrected chi connectivity index (χ3v) is 4.32. The normalized spacial score (nSPS) is 15.7. The van der Waals surface area contributed by atoms with Crippen molar-refractivity contribution in [2.45, 2.75) is 45.6 Å². The van der Waals surface area contributed by atoms with Gasteiger partial charge in [-0.25, -0.2) is 0 Å². The quantitative estimate of drug-likeness (QED) is 0.557. The molecule has 0 bridgehead atoms. The van der Waals surface area contributed by atoms with E-state index in [9.17, 15) is 15.3 Å². The van der Waals surface area contributed by atoms with Crippen LogP contribution in [0.25, 0.3) is 5.57 Å². The molecule has 0 fully saturated rings. The molecule has 0 aliphatic rings. The Hall–Kier alpha value is -1.46. The largest absolute Gasteiger partial charge is 0.370 e. The van der Waals surface area contributed by atoms with Crippen LogP contribution in [0.3, 0.4) is 0 Å². The van der Waals surface area contributed by atoms with Crippen LogP contribution in [-0.2, 0) is 6.42 Å². The molecule has 0 radical (unpaired) electrons. The second-order valence-electron chi connectivity index (χ2n) is 6.53. The summed E-state index contributed by atoms with van der Waals surface area (Å²) in [4.78, 5) is 1.38. The van der Waals surface area contributed by atoms with E-state index in [-0.39, 0.29) is 5.57 Å². The summed E-state index contributed by atoms with van der Waals surface area (Å²) in [6, 6.07) is 5.80. The molecule has 0 spiro atoms. The van der Waals surface area contributed by atoms with Gasteiger partial charge in [-0.05, 0) is 64.9 Å². The first-order valence-electron chi connectivity index (χ1n) is 7.71. The van der Waals surface area contributed by atoms with Crippen LogP contribution in [0.15, 0.2) is 36.4 Å². The Kier molecular flexibility index (Phi) is 5.94. The Labute approximate surface area is 139 Å². The van der Waals surface area contributed by atoms with Gasteiger partial charge in [-0.1, -0.05) is 36.4 Å². The van der Waals surface area contributed by atoms with Gasteiger partial charge in [-0.3, -0.25) is 4.90 Å². The molecule has 1 aromatic carbocycles. The highest BCUT2D eigenvalue weighted by atomic mass is 16.5. The molecular weight excluding hydrogens is 290 g/mol. The molecule has 128 valence electrons. The van der Waals surface area contributed by atoms with Crippen molar-refractivity contribution in [3.8, 4) is 0 Å². The molecular formula is C19H29NO3. The van der Waals surface area contributed by atoms with Crippen molar-refractivity contribution < 1.29 is 15.3 Å². The van der Waals surface area contributed by atoms with Crippen LogP contribution in [0.4, 0.5) is 0 Å². The number of aliphatic hydroxyl groups is 3. The number of rotatable bonds is 6. The standard InChI is InChI=1S/C19H29NO3/c1-8-16(19(22,23)18(5,21)20(6)7)17-14(4)10-9-11-15(17)12-13(2)3/h8-11,21-23H,2,12H2,1,3-7H3/b16-8+. The fourth-order valence-electron chi connectivity index (χ4n) is 2.67. The van der Waals surface area contributed by atoms with Crippen molar-refractivity contribution in [1.29, 1.82) is 0 Å². The molecule has 0 aliphatic heterocycles. The van der Waals surface area contributed by atoms with Crippen LogP contribution in [0.1, 0.15) is 37.5 Å². The summed E-state index contributed by atoms with van der Waals surface area (Å²) >= 11 is 0. The molecule has 3 N–H and O–H groups in total. The highest BCUT2D eigenvalue weighted by molar-refractivity contribution is 5.76. The summed E-state index contributed by atoms with van der Waals surface area (Å²) in [6.07, 6.45) is 2.27. The Morgan fingerprint density at radius 1 is 1.26 bits per heavy atom. The van der Waals surface area contributed by atoms with Gasteiger partial charge in [0.05, 0.1) is 0 Å². The van der Waals surface area contributed by atoms with E-state index in [4.69, 9.17) is 0 Å². The molecule has 0 aliphatic carbocycles. The Morgan fingerprint density at radius 2 is 1.83 bits per heavy atom. The molecule has 0 saturated heterocycles. The summed E-state index contributed by atoms with van der Waals surface area (Å²) < 4.78 is 0. The molecule has 0 saturated carbocycles. The zero-order chi connectivity index (χ0) is 18.0. The van der Waals surface area contributed by atoms with Gasteiger partial charge in [-0.15, -0.1) is 0 Å². The van der Waals surface area contributed by atoms with Gasteiger partial charge in [0.1, 0.15) is 0 Å². The smallest absolute Gasteiger partial charge is 0.234 e. The Balaban J connectivity index is 3.57. The summed E-state index contributed by atoms with van der Waals surface area (Å²) in [5.74, 6) is -2.43. The van der Waals surface area contributed by atoms with E-state index in [0.29, 0.717) is 6.42 Å². The van der Waals surface area contributed by atoms with Crippen LogP contribution in [-0.4, -0.2) is 45.8 Å². The van der Waals surface area contributed by atoms with Gasteiger partial charge in [0.15, 0.2) is 5.72 Å². The molecule has 1 rings (SSSR count). The van der Waals surface area contributed by atoms with E-state index in [1.165, 1.54) is 11.8 Å².